The molecule has 0 aromatic heterocycles. The monoisotopic (exact) mass is 434 g/mol. The first-order chi connectivity index (χ1) is 12.4. The summed E-state index contributed by atoms with van der Waals surface area (Å²) in [6.45, 7) is 6.19. The number of methoxy groups -OCH3 is 1. The third kappa shape index (κ3) is 4.83. The number of halogens is 1. The lowest BCUT2D eigenvalue weighted by atomic mass is 9.97. The van der Waals surface area contributed by atoms with Crippen LogP contribution in [0.25, 0.3) is 0 Å². The largest absolute Gasteiger partial charge is 0.496 e. The van der Waals surface area contributed by atoms with E-state index in [-0.39, 0.29) is 11.0 Å². The Morgan fingerprint density at radius 3 is 2.65 bits per heavy atom. The Bertz CT molecular complexity index is 823. The van der Waals surface area contributed by atoms with Crippen molar-refractivity contribution in [1.29, 1.82) is 0 Å². The fourth-order valence-corrected chi connectivity index (χ4v) is 3.53. The minimum atomic E-state index is -0.315. The summed E-state index contributed by atoms with van der Waals surface area (Å²) >= 11 is 8.76. The minimum absolute atomic E-state index is 0.255. The summed E-state index contributed by atoms with van der Waals surface area (Å²) < 4.78 is 6.18. The summed E-state index contributed by atoms with van der Waals surface area (Å²) in [6, 6.07) is 11.6. The molecule has 2 aromatic carbocycles. The maximum atomic E-state index is 12.7. The number of ether oxygens (including phenoxy) is 1. The molecule has 4 nitrogen and oxygen atoms in total. The maximum absolute atomic E-state index is 12.7. The van der Waals surface area contributed by atoms with Gasteiger partial charge in [-0.1, -0.05) is 48.0 Å². The van der Waals surface area contributed by atoms with Crippen LogP contribution in [0.1, 0.15) is 47.7 Å². The predicted molar refractivity (Wildman–Crippen MR) is 114 cm³/mol. The van der Waals surface area contributed by atoms with Crippen LogP contribution in [0.2, 0.25) is 0 Å². The zero-order chi connectivity index (χ0) is 19.3. The molecule has 26 heavy (non-hydrogen) atoms. The van der Waals surface area contributed by atoms with Gasteiger partial charge >= 0.3 is 0 Å². The molecule has 0 heterocycles. The van der Waals surface area contributed by atoms with Gasteiger partial charge in [0.1, 0.15) is 5.75 Å². The number of hydrogen-bond donors (Lipinski definition) is 2. The highest BCUT2D eigenvalue weighted by atomic mass is 79.9. The van der Waals surface area contributed by atoms with Crippen LogP contribution >= 0.6 is 28.1 Å². The molecule has 0 spiro atoms. The van der Waals surface area contributed by atoms with Gasteiger partial charge in [0.15, 0.2) is 5.11 Å². The topological polar surface area (TPSA) is 50.4 Å². The number of nitrogens with one attached hydrogen (secondary N) is 2. The van der Waals surface area contributed by atoms with Crippen LogP contribution in [0, 0.1) is 6.92 Å². The second-order valence-corrected chi connectivity index (χ2v) is 7.43. The van der Waals surface area contributed by atoms with Gasteiger partial charge in [-0.3, -0.25) is 10.1 Å². The molecule has 1 amide bonds. The van der Waals surface area contributed by atoms with Crippen molar-refractivity contribution in [3.05, 3.63) is 57.6 Å². The van der Waals surface area contributed by atoms with E-state index in [2.05, 4.69) is 46.5 Å². The molecule has 138 valence electrons. The zero-order valence-corrected chi connectivity index (χ0v) is 17.8. The Morgan fingerprint density at radius 2 is 2.00 bits per heavy atom. The van der Waals surface area contributed by atoms with Crippen molar-refractivity contribution in [2.75, 3.05) is 12.4 Å². The normalized spacial score (nSPS) is 11.6. The third-order valence-electron chi connectivity index (χ3n) is 4.27. The van der Waals surface area contributed by atoms with E-state index in [1.807, 2.05) is 31.2 Å². The molecule has 6 heteroatoms. The molecular formula is C20H23BrN2O2S. The summed E-state index contributed by atoms with van der Waals surface area (Å²) in [7, 11) is 1.55. The number of carbonyl (C=O) groups excluding carboxylic acids is 1. The number of amides is 1. The van der Waals surface area contributed by atoms with E-state index >= 15 is 0 Å². The predicted octanol–water partition coefficient (Wildman–Crippen LogP) is 5.41. The Hall–Kier alpha value is -1.92. The van der Waals surface area contributed by atoms with Crippen molar-refractivity contribution in [1.82, 2.24) is 5.32 Å². The first kappa shape index (κ1) is 20.4. The van der Waals surface area contributed by atoms with Crippen LogP contribution in [0.15, 0.2) is 40.9 Å². The molecule has 1 atom stereocenters. The fourth-order valence-electron chi connectivity index (χ4n) is 2.75. The van der Waals surface area contributed by atoms with Gasteiger partial charge in [0.25, 0.3) is 5.91 Å². The van der Waals surface area contributed by atoms with Gasteiger partial charge in [-0.2, -0.15) is 0 Å². The molecule has 0 saturated carbocycles. The van der Waals surface area contributed by atoms with Gasteiger partial charge in [0, 0.05) is 10.2 Å². The Kier molecular flexibility index (Phi) is 7.17. The molecule has 2 aromatic rings. The van der Waals surface area contributed by atoms with Gasteiger partial charge < -0.3 is 10.1 Å². The van der Waals surface area contributed by atoms with Crippen molar-refractivity contribution in [3.8, 4) is 5.75 Å². The summed E-state index contributed by atoms with van der Waals surface area (Å²) in [5, 5.41) is 6.13. The van der Waals surface area contributed by atoms with Crippen LogP contribution in [0.5, 0.6) is 5.75 Å². The number of hydrogen-bond acceptors (Lipinski definition) is 3. The van der Waals surface area contributed by atoms with E-state index in [9.17, 15) is 4.79 Å². The van der Waals surface area contributed by atoms with E-state index in [0.29, 0.717) is 17.2 Å². The van der Waals surface area contributed by atoms with Crippen LogP contribution < -0.4 is 15.4 Å². The molecule has 0 saturated heterocycles. The number of thiocarbonyl (C=S) groups is 1. The number of rotatable bonds is 5. The van der Waals surface area contributed by atoms with Crippen molar-refractivity contribution in [3.63, 3.8) is 0 Å². The van der Waals surface area contributed by atoms with Crippen molar-refractivity contribution >= 4 is 44.9 Å². The molecule has 0 unspecified atom stereocenters. The molecular weight excluding hydrogens is 412 g/mol. The Morgan fingerprint density at radius 1 is 1.31 bits per heavy atom. The highest BCUT2D eigenvalue weighted by molar-refractivity contribution is 9.10. The highest BCUT2D eigenvalue weighted by Crippen LogP contribution is 2.28. The summed E-state index contributed by atoms with van der Waals surface area (Å²) in [6.07, 6.45) is 1.02. The average Bonchev–Trinajstić information content (AvgIpc) is 2.60. The quantitative estimate of drug-likeness (QED) is 0.617. The van der Waals surface area contributed by atoms with E-state index < -0.39 is 0 Å². The van der Waals surface area contributed by atoms with Crippen LogP contribution in [0.4, 0.5) is 5.69 Å². The van der Waals surface area contributed by atoms with Gasteiger partial charge in [-0.15, -0.1) is 0 Å². The lowest BCUT2D eigenvalue weighted by Gasteiger charge is -2.18. The average molecular weight is 435 g/mol. The van der Waals surface area contributed by atoms with Gasteiger partial charge in [0.2, 0.25) is 0 Å². The highest BCUT2D eigenvalue weighted by Gasteiger charge is 2.17. The number of para-hydroxylation sites is 1. The molecule has 2 N–H and O–H groups in total. The minimum Gasteiger partial charge on any atom is -0.496 e. The first-order valence-electron chi connectivity index (χ1n) is 8.42. The van der Waals surface area contributed by atoms with Crippen molar-refractivity contribution in [2.45, 2.75) is 33.1 Å². The van der Waals surface area contributed by atoms with Gasteiger partial charge in [-0.25, -0.2) is 0 Å². The van der Waals surface area contributed by atoms with Crippen molar-refractivity contribution < 1.29 is 9.53 Å². The molecule has 0 fully saturated rings. The second-order valence-electron chi connectivity index (χ2n) is 6.11. The maximum Gasteiger partial charge on any atom is 0.261 e. The lowest BCUT2D eigenvalue weighted by molar-refractivity contribution is 0.0974. The number of carbonyl (C=O) groups is 1. The SMILES string of the molecule is CC[C@H](C)c1ccccc1NC(=S)NC(=O)c1cc(Br)cc(C)c1OC. The van der Waals surface area contributed by atoms with Crippen molar-refractivity contribution in [2.24, 2.45) is 0 Å². The van der Waals surface area contributed by atoms with Crippen LogP contribution in [-0.2, 0) is 0 Å². The molecule has 0 bridgehead atoms. The first-order valence-corrected chi connectivity index (χ1v) is 9.62. The fraction of sp³-hybridized carbons (Fsp3) is 0.300. The lowest BCUT2D eigenvalue weighted by Crippen LogP contribution is -2.34. The van der Waals surface area contributed by atoms with Gasteiger partial charge in [-0.05, 0) is 60.8 Å². The molecule has 0 aliphatic carbocycles. The number of aryl methyl sites for hydroxylation is 1. The Labute approximate surface area is 168 Å². The molecule has 2 rings (SSSR count). The van der Waals surface area contributed by atoms with Gasteiger partial charge in [0.05, 0.1) is 12.7 Å². The third-order valence-corrected chi connectivity index (χ3v) is 4.93. The smallest absolute Gasteiger partial charge is 0.261 e. The second kappa shape index (κ2) is 9.14. The van der Waals surface area contributed by atoms with E-state index in [4.69, 9.17) is 17.0 Å². The molecule has 0 aliphatic heterocycles. The summed E-state index contributed by atoms with van der Waals surface area (Å²) in [4.78, 5) is 12.7. The Balaban J connectivity index is 2.18. The zero-order valence-electron chi connectivity index (χ0n) is 15.4. The number of anilines is 1. The van der Waals surface area contributed by atoms with E-state index in [1.54, 1.807) is 13.2 Å². The van der Waals surface area contributed by atoms with Crippen LogP contribution in [-0.4, -0.2) is 18.1 Å². The molecule has 0 aliphatic rings. The van der Waals surface area contributed by atoms with Crippen LogP contribution in [0.3, 0.4) is 0 Å². The summed E-state index contributed by atoms with van der Waals surface area (Å²) in [5.41, 5.74) is 3.37. The van der Waals surface area contributed by atoms with E-state index in [0.717, 1.165) is 22.1 Å². The standard InChI is InChI=1S/C20H23BrN2O2S/c1-5-12(2)15-8-6-7-9-17(15)22-20(26)23-19(24)16-11-14(21)10-13(3)18(16)25-4/h6-12H,5H2,1-4H3,(H2,22,23,24,26)/t12-/m0/s1. The number of benzene rings is 2. The summed E-state index contributed by atoms with van der Waals surface area (Å²) in [5.74, 6) is 0.614. The van der Waals surface area contributed by atoms with E-state index in [1.165, 1.54) is 5.56 Å². The molecule has 0 radical (unpaired) electrons.